The van der Waals surface area contributed by atoms with Gasteiger partial charge in [0.1, 0.15) is 5.69 Å². The number of H-pyrrole nitrogens is 2. The zero-order valence-electron chi connectivity index (χ0n) is 16.2. The molecule has 152 valence electrons. The van der Waals surface area contributed by atoms with E-state index in [0.29, 0.717) is 27.2 Å². The van der Waals surface area contributed by atoms with E-state index in [1.807, 2.05) is 36.4 Å². The topological polar surface area (TPSA) is 104 Å². The van der Waals surface area contributed by atoms with E-state index in [0.717, 1.165) is 10.9 Å². The van der Waals surface area contributed by atoms with Crippen molar-refractivity contribution >= 4 is 51.1 Å². The van der Waals surface area contributed by atoms with E-state index < -0.39 is 23.5 Å². The number of nitrogens with one attached hydrogen (secondary N) is 3. The third kappa shape index (κ3) is 3.55. The molecule has 8 heteroatoms. The van der Waals surface area contributed by atoms with Crippen molar-refractivity contribution < 1.29 is 14.3 Å². The number of fused-ring (bicyclic) bond motifs is 3. The Kier molecular flexibility index (Phi) is 5.05. The van der Waals surface area contributed by atoms with Crippen molar-refractivity contribution in [1.29, 1.82) is 0 Å². The molecule has 0 bridgehead atoms. The number of anilines is 1. The number of aromatic nitrogens is 2. The first-order valence-electron chi connectivity index (χ1n) is 9.29. The molecule has 0 spiro atoms. The largest absolute Gasteiger partial charge is 0.456 e. The summed E-state index contributed by atoms with van der Waals surface area (Å²) in [7, 11) is 0. The predicted octanol–water partition coefficient (Wildman–Crippen LogP) is 4.22. The third-order valence-electron chi connectivity index (χ3n) is 4.56. The van der Waals surface area contributed by atoms with Crippen LogP contribution in [0.2, 0.25) is 5.02 Å². The van der Waals surface area contributed by atoms with Gasteiger partial charge in [0.15, 0.2) is 0 Å². The second kappa shape index (κ2) is 7.68. The lowest BCUT2D eigenvalue weighted by molar-refractivity contribution is -0.155. The summed E-state index contributed by atoms with van der Waals surface area (Å²) in [6, 6.07) is 14.4. The Balaban J connectivity index is 1.97. The van der Waals surface area contributed by atoms with Gasteiger partial charge in [-0.15, -0.1) is 0 Å². The highest BCUT2D eigenvalue weighted by molar-refractivity contribution is 6.38. The molecule has 0 atom stereocenters. The molecule has 30 heavy (non-hydrogen) atoms. The molecule has 0 unspecified atom stereocenters. The van der Waals surface area contributed by atoms with Crippen LogP contribution in [0.15, 0.2) is 53.3 Å². The lowest BCUT2D eigenvalue weighted by Crippen LogP contribution is -2.30. The Morgan fingerprint density at radius 1 is 1.03 bits per heavy atom. The Bertz CT molecular complexity index is 1340. The second-order valence-corrected chi connectivity index (χ2v) is 7.48. The van der Waals surface area contributed by atoms with Crippen molar-refractivity contribution in [2.45, 2.75) is 20.0 Å². The number of carbonyl (C=O) groups is 2. The lowest BCUT2D eigenvalue weighted by atomic mass is 10.0. The minimum absolute atomic E-state index is 0.0444. The van der Waals surface area contributed by atoms with Crippen molar-refractivity contribution in [3.8, 4) is 11.1 Å². The number of aromatic amines is 2. The molecule has 0 aliphatic rings. The first-order chi connectivity index (χ1) is 14.3. The molecular formula is C22H18ClN3O4. The minimum atomic E-state index is -1.06. The summed E-state index contributed by atoms with van der Waals surface area (Å²) >= 11 is 6.13. The van der Waals surface area contributed by atoms with Gasteiger partial charge in [-0.1, -0.05) is 41.9 Å². The minimum Gasteiger partial charge on any atom is -0.456 e. The van der Waals surface area contributed by atoms with Gasteiger partial charge in [0, 0.05) is 21.5 Å². The molecule has 0 fully saturated rings. The van der Waals surface area contributed by atoms with Crippen molar-refractivity contribution in [3.63, 3.8) is 0 Å². The van der Waals surface area contributed by atoms with Crippen molar-refractivity contribution in [3.05, 3.63) is 63.9 Å². The molecule has 3 N–H and O–H groups in total. The molecule has 4 rings (SSSR count). The molecule has 2 heterocycles. The Labute approximate surface area is 176 Å². The standard InChI is InChI=1S/C22H18ClN3O4/c1-11(2)30-22(29)21(28)26-19-16(12-6-4-3-5-7-12)18-17(25-20(19)27)14-10-13(23)8-9-15(14)24-18/h3-11,24H,1-2H3,(H,25,27)(H,26,28). The summed E-state index contributed by atoms with van der Waals surface area (Å²) < 4.78 is 4.93. The fraction of sp³-hybridized carbons (Fsp3) is 0.136. The van der Waals surface area contributed by atoms with Crippen molar-refractivity contribution in [2.75, 3.05) is 5.32 Å². The van der Waals surface area contributed by atoms with Gasteiger partial charge in [0.05, 0.1) is 17.1 Å². The van der Waals surface area contributed by atoms with Crippen LogP contribution in [0.25, 0.3) is 33.1 Å². The first kappa shape index (κ1) is 19.7. The Hall–Kier alpha value is -3.58. The maximum atomic E-state index is 13.0. The van der Waals surface area contributed by atoms with Crippen molar-refractivity contribution in [2.24, 2.45) is 0 Å². The number of ether oxygens (including phenoxy) is 1. The SMILES string of the molecule is CC(C)OC(=O)C(=O)Nc1c(-c2ccccc2)c2[nH]c3ccc(Cl)cc3c2[nH]c1=O. The predicted molar refractivity (Wildman–Crippen MR) is 117 cm³/mol. The number of rotatable bonds is 3. The normalized spacial score (nSPS) is 11.2. The highest BCUT2D eigenvalue weighted by Crippen LogP contribution is 2.36. The van der Waals surface area contributed by atoms with Crippen LogP contribution in [0.4, 0.5) is 5.69 Å². The van der Waals surface area contributed by atoms with E-state index >= 15 is 0 Å². The van der Waals surface area contributed by atoms with E-state index in [2.05, 4.69) is 15.3 Å². The average Bonchev–Trinajstić information content (AvgIpc) is 3.05. The van der Waals surface area contributed by atoms with Crippen LogP contribution in [0.3, 0.4) is 0 Å². The molecule has 0 aliphatic carbocycles. The monoisotopic (exact) mass is 423 g/mol. The van der Waals surface area contributed by atoms with Crippen LogP contribution in [0.1, 0.15) is 13.8 Å². The van der Waals surface area contributed by atoms with Gasteiger partial charge in [-0.05, 0) is 37.6 Å². The Morgan fingerprint density at radius 3 is 2.47 bits per heavy atom. The molecular weight excluding hydrogens is 406 g/mol. The van der Waals surface area contributed by atoms with Gasteiger partial charge < -0.3 is 20.0 Å². The fourth-order valence-electron chi connectivity index (χ4n) is 3.34. The van der Waals surface area contributed by atoms with E-state index in [4.69, 9.17) is 16.3 Å². The zero-order valence-corrected chi connectivity index (χ0v) is 17.0. The van der Waals surface area contributed by atoms with Crippen LogP contribution >= 0.6 is 11.6 Å². The van der Waals surface area contributed by atoms with Crippen LogP contribution < -0.4 is 10.9 Å². The Morgan fingerprint density at radius 2 is 1.77 bits per heavy atom. The summed E-state index contributed by atoms with van der Waals surface area (Å²) in [6.45, 7) is 3.27. The number of hydrogen-bond acceptors (Lipinski definition) is 4. The number of carbonyl (C=O) groups excluding carboxylic acids is 2. The number of hydrogen-bond donors (Lipinski definition) is 3. The molecule has 0 radical (unpaired) electrons. The van der Waals surface area contributed by atoms with Crippen LogP contribution in [-0.4, -0.2) is 27.9 Å². The number of benzene rings is 2. The quantitative estimate of drug-likeness (QED) is 0.339. The summed E-state index contributed by atoms with van der Waals surface area (Å²) in [5.74, 6) is -2.09. The molecule has 2 aromatic carbocycles. The summed E-state index contributed by atoms with van der Waals surface area (Å²) in [4.78, 5) is 43.4. The van der Waals surface area contributed by atoms with Gasteiger partial charge in [-0.25, -0.2) is 4.79 Å². The molecule has 0 aliphatic heterocycles. The number of amides is 1. The summed E-state index contributed by atoms with van der Waals surface area (Å²) in [5, 5.41) is 3.69. The molecule has 0 saturated carbocycles. The fourth-order valence-corrected chi connectivity index (χ4v) is 3.51. The first-order valence-corrected chi connectivity index (χ1v) is 9.67. The van der Waals surface area contributed by atoms with Crippen LogP contribution in [-0.2, 0) is 14.3 Å². The highest BCUT2D eigenvalue weighted by atomic mass is 35.5. The lowest BCUT2D eigenvalue weighted by Gasteiger charge is -2.12. The van der Waals surface area contributed by atoms with Gasteiger partial charge >= 0.3 is 11.9 Å². The third-order valence-corrected chi connectivity index (χ3v) is 4.79. The molecule has 0 saturated heterocycles. The number of esters is 1. The van der Waals surface area contributed by atoms with E-state index in [1.165, 1.54) is 0 Å². The maximum Gasteiger partial charge on any atom is 0.397 e. The summed E-state index contributed by atoms with van der Waals surface area (Å²) in [6.07, 6.45) is -0.462. The van der Waals surface area contributed by atoms with Gasteiger partial charge in [0.25, 0.3) is 5.56 Å². The van der Waals surface area contributed by atoms with Crippen molar-refractivity contribution in [1.82, 2.24) is 9.97 Å². The molecule has 7 nitrogen and oxygen atoms in total. The van der Waals surface area contributed by atoms with Crippen LogP contribution in [0.5, 0.6) is 0 Å². The van der Waals surface area contributed by atoms with Gasteiger partial charge in [-0.3, -0.25) is 9.59 Å². The molecule has 4 aromatic rings. The molecule has 2 aromatic heterocycles. The highest BCUT2D eigenvalue weighted by Gasteiger charge is 2.23. The smallest absolute Gasteiger partial charge is 0.397 e. The summed E-state index contributed by atoms with van der Waals surface area (Å²) in [5.41, 5.74) is 2.49. The van der Waals surface area contributed by atoms with E-state index in [-0.39, 0.29) is 5.69 Å². The van der Waals surface area contributed by atoms with E-state index in [9.17, 15) is 14.4 Å². The van der Waals surface area contributed by atoms with Gasteiger partial charge in [0.2, 0.25) is 0 Å². The number of halogens is 1. The second-order valence-electron chi connectivity index (χ2n) is 7.04. The maximum absolute atomic E-state index is 13.0. The number of pyridine rings is 1. The van der Waals surface area contributed by atoms with Gasteiger partial charge in [-0.2, -0.15) is 0 Å². The zero-order chi connectivity index (χ0) is 21.4. The van der Waals surface area contributed by atoms with Crippen LogP contribution in [0, 0.1) is 0 Å². The molecule has 1 amide bonds. The van der Waals surface area contributed by atoms with E-state index in [1.54, 1.807) is 26.0 Å². The average molecular weight is 424 g/mol.